The summed E-state index contributed by atoms with van der Waals surface area (Å²) in [6.07, 6.45) is 3.23. The summed E-state index contributed by atoms with van der Waals surface area (Å²) < 4.78 is 0. The van der Waals surface area contributed by atoms with Crippen molar-refractivity contribution >= 4 is 28.4 Å². The number of rotatable bonds is 4. The largest absolute Gasteiger partial charge is 0.369 e. The molecule has 1 aliphatic rings. The molecule has 0 unspecified atom stereocenters. The van der Waals surface area contributed by atoms with Gasteiger partial charge in [-0.1, -0.05) is 42.0 Å². The summed E-state index contributed by atoms with van der Waals surface area (Å²) in [6.45, 7) is 7.84. The zero-order valence-electron chi connectivity index (χ0n) is 17.7. The van der Waals surface area contributed by atoms with E-state index in [-0.39, 0.29) is 16.9 Å². The molecule has 4 rings (SSSR count). The summed E-state index contributed by atoms with van der Waals surface area (Å²) in [4.78, 5) is 33.1. The van der Waals surface area contributed by atoms with Crippen LogP contribution in [0.3, 0.4) is 0 Å². The summed E-state index contributed by atoms with van der Waals surface area (Å²) in [7, 11) is 2.13. The molecule has 3 aromatic rings. The van der Waals surface area contributed by atoms with Gasteiger partial charge in [-0.15, -0.1) is 0 Å². The third kappa shape index (κ3) is 4.07. The van der Waals surface area contributed by atoms with Crippen molar-refractivity contribution in [1.82, 2.24) is 9.88 Å². The van der Waals surface area contributed by atoms with Gasteiger partial charge in [0.2, 0.25) is 0 Å². The summed E-state index contributed by atoms with van der Waals surface area (Å²) in [5.41, 5.74) is 4.55. The number of aryl methyl sites for hydroxylation is 2. The Morgan fingerprint density at radius 3 is 2.40 bits per heavy atom. The van der Waals surface area contributed by atoms with Gasteiger partial charge in [0, 0.05) is 37.3 Å². The lowest BCUT2D eigenvalue weighted by Crippen LogP contribution is -2.44. The fraction of sp³-hybridized carbons (Fsp3) is 0.280. The number of benzene rings is 2. The summed E-state index contributed by atoms with van der Waals surface area (Å²) in [5, 5.41) is 0.902. The van der Waals surface area contributed by atoms with Crippen molar-refractivity contribution in [3.8, 4) is 0 Å². The highest BCUT2D eigenvalue weighted by atomic mass is 16.1. The Kier molecular flexibility index (Phi) is 5.55. The third-order valence-corrected chi connectivity index (χ3v) is 5.88. The molecule has 2 heterocycles. The van der Waals surface area contributed by atoms with Crippen LogP contribution in [0, 0.1) is 13.8 Å². The van der Waals surface area contributed by atoms with Crippen LogP contribution in [0.1, 0.15) is 27.0 Å². The Morgan fingerprint density at radius 2 is 1.70 bits per heavy atom. The standard InChI is InChI=1S/C25H27N3O2/c1-17-4-6-19(7-5-17)8-11-23(29)24-18(2)21-10-9-20(16-22(21)26-25(24)30)28-14-12-27(3)13-15-28/h4-11,16H,12-15H2,1-3H3,(H,26,30). The van der Waals surface area contributed by atoms with E-state index in [1.54, 1.807) is 6.08 Å². The SMILES string of the molecule is Cc1ccc(C=CC(=O)c2c(C)c3ccc(N4CCN(C)CC4)cc3[nH]c2=O)cc1. The fourth-order valence-corrected chi connectivity index (χ4v) is 3.94. The molecule has 1 fully saturated rings. The van der Waals surface area contributed by atoms with Crippen LogP contribution in [0.5, 0.6) is 0 Å². The number of aromatic amines is 1. The highest BCUT2D eigenvalue weighted by Crippen LogP contribution is 2.25. The van der Waals surface area contributed by atoms with Gasteiger partial charge in [0.1, 0.15) is 0 Å². The number of aromatic nitrogens is 1. The molecule has 1 aromatic heterocycles. The van der Waals surface area contributed by atoms with Crippen LogP contribution in [0.15, 0.2) is 53.3 Å². The highest BCUT2D eigenvalue weighted by molar-refractivity contribution is 6.09. The van der Waals surface area contributed by atoms with Crippen LogP contribution in [-0.4, -0.2) is 48.9 Å². The third-order valence-electron chi connectivity index (χ3n) is 5.88. The monoisotopic (exact) mass is 401 g/mol. The van der Waals surface area contributed by atoms with Gasteiger partial charge in [-0.25, -0.2) is 0 Å². The molecule has 0 atom stereocenters. The van der Waals surface area contributed by atoms with Crippen molar-refractivity contribution < 1.29 is 4.79 Å². The molecule has 0 saturated carbocycles. The van der Waals surface area contributed by atoms with Crippen LogP contribution in [0.4, 0.5) is 5.69 Å². The molecule has 154 valence electrons. The molecule has 1 N–H and O–H groups in total. The molecule has 5 nitrogen and oxygen atoms in total. The Labute approximate surface area is 176 Å². The summed E-state index contributed by atoms with van der Waals surface area (Å²) in [6, 6.07) is 14.0. The second kappa shape index (κ2) is 8.28. The second-order valence-corrected chi connectivity index (χ2v) is 8.08. The minimum absolute atomic E-state index is 0.207. The zero-order chi connectivity index (χ0) is 21.3. The Bertz CT molecular complexity index is 1170. The van der Waals surface area contributed by atoms with E-state index in [1.807, 2.05) is 50.2 Å². The maximum atomic E-state index is 12.8. The number of carbonyl (C=O) groups is 1. The molecular weight excluding hydrogens is 374 g/mol. The molecule has 0 aliphatic carbocycles. The Hall–Kier alpha value is -3.18. The van der Waals surface area contributed by atoms with Gasteiger partial charge >= 0.3 is 0 Å². The molecular formula is C25H27N3O2. The van der Waals surface area contributed by atoms with Crippen molar-refractivity contribution in [2.45, 2.75) is 13.8 Å². The van der Waals surface area contributed by atoms with Crippen molar-refractivity contribution in [1.29, 1.82) is 0 Å². The number of hydrogen-bond donors (Lipinski definition) is 1. The number of carbonyl (C=O) groups excluding carboxylic acids is 1. The minimum atomic E-state index is -0.339. The number of likely N-dealkylation sites (N-methyl/N-ethyl adjacent to an activating group) is 1. The number of anilines is 1. The fourth-order valence-electron chi connectivity index (χ4n) is 3.94. The normalized spacial score (nSPS) is 15.2. The molecule has 1 aliphatic heterocycles. The molecule has 0 spiro atoms. The first-order valence-corrected chi connectivity index (χ1v) is 10.3. The van der Waals surface area contributed by atoms with Crippen LogP contribution in [0.25, 0.3) is 17.0 Å². The van der Waals surface area contributed by atoms with Crippen molar-refractivity contribution in [3.63, 3.8) is 0 Å². The lowest BCUT2D eigenvalue weighted by molar-refractivity contribution is 0.104. The molecule has 30 heavy (non-hydrogen) atoms. The van der Waals surface area contributed by atoms with Crippen molar-refractivity contribution in [2.75, 3.05) is 38.1 Å². The molecule has 0 amide bonds. The number of hydrogen-bond acceptors (Lipinski definition) is 4. The van der Waals surface area contributed by atoms with E-state index in [9.17, 15) is 9.59 Å². The van der Waals surface area contributed by atoms with Gasteiger partial charge in [0.05, 0.1) is 11.1 Å². The van der Waals surface area contributed by atoms with Crippen LogP contribution >= 0.6 is 0 Å². The molecule has 2 aromatic carbocycles. The number of fused-ring (bicyclic) bond motifs is 1. The minimum Gasteiger partial charge on any atom is -0.369 e. The lowest BCUT2D eigenvalue weighted by Gasteiger charge is -2.34. The topological polar surface area (TPSA) is 56.4 Å². The van der Waals surface area contributed by atoms with Crippen LogP contribution < -0.4 is 10.5 Å². The van der Waals surface area contributed by atoms with E-state index in [0.29, 0.717) is 0 Å². The Morgan fingerprint density at radius 1 is 1.00 bits per heavy atom. The molecule has 5 heteroatoms. The summed E-state index contributed by atoms with van der Waals surface area (Å²) in [5.74, 6) is -0.278. The maximum Gasteiger partial charge on any atom is 0.259 e. The van der Waals surface area contributed by atoms with Gasteiger partial charge in [0.15, 0.2) is 5.78 Å². The number of allylic oxidation sites excluding steroid dienone is 1. The van der Waals surface area contributed by atoms with E-state index >= 15 is 0 Å². The number of nitrogens with one attached hydrogen (secondary N) is 1. The van der Waals surface area contributed by atoms with E-state index in [2.05, 4.69) is 27.9 Å². The first-order valence-electron chi connectivity index (χ1n) is 10.3. The average molecular weight is 402 g/mol. The predicted octanol–water partition coefficient (Wildman–Crippen LogP) is 3.79. The molecule has 0 bridgehead atoms. The number of nitrogens with zero attached hydrogens (tertiary/aromatic N) is 2. The number of ketones is 1. The first kappa shape index (κ1) is 20.1. The van der Waals surface area contributed by atoms with Crippen LogP contribution in [-0.2, 0) is 0 Å². The van der Waals surface area contributed by atoms with Gasteiger partial charge in [-0.05, 0) is 50.2 Å². The van der Waals surface area contributed by atoms with E-state index in [0.717, 1.165) is 59.5 Å². The van der Waals surface area contributed by atoms with Crippen molar-refractivity contribution in [3.05, 3.63) is 81.1 Å². The zero-order valence-corrected chi connectivity index (χ0v) is 17.7. The molecule has 1 saturated heterocycles. The van der Waals surface area contributed by atoms with Gasteiger partial charge in [-0.2, -0.15) is 0 Å². The average Bonchev–Trinajstić information content (AvgIpc) is 2.73. The van der Waals surface area contributed by atoms with Crippen molar-refractivity contribution in [2.24, 2.45) is 0 Å². The van der Waals surface area contributed by atoms with Gasteiger partial charge in [0.25, 0.3) is 5.56 Å². The quantitative estimate of drug-likeness (QED) is 0.534. The number of piperazine rings is 1. The second-order valence-electron chi connectivity index (χ2n) is 8.08. The van der Waals surface area contributed by atoms with Gasteiger partial charge in [-0.3, -0.25) is 9.59 Å². The number of pyridine rings is 1. The smallest absolute Gasteiger partial charge is 0.259 e. The lowest BCUT2D eigenvalue weighted by atomic mass is 10.0. The van der Waals surface area contributed by atoms with E-state index in [4.69, 9.17) is 0 Å². The highest BCUT2D eigenvalue weighted by Gasteiger charge is 2.18. The molecule has 0 radical (unpaired) electrons. The predicted molar refractivity (Wildman–Crippen MR) is 124 cm³/mol. The number of H-pyrrole nitrogens is 1. The maximum absolute atomic E-state index is 12.8. The van der Waals surface area contributed by atoms with Gasteiger partial charge < -0.3 is 14.8 Å². The van der Waals surface area contributed by atoms with Crippen LogP contribution in [0.2, 0.25) is 0 Å². The first-order chi connectivity index (χ1) is 14.4. The van der Waals surface area contributed by atoms with E-state index in [1.165, 1.54) is 6.08 Å². The van der Waals surface area contributed by atoms with E-state index < -0.39 is 0 Å². The Balaban J connectivity index is 1.64. The summed E-state index contributed by atoms with van der Waals surface area (Å²) >= 11 is 0.